The van der Waals surface area contributed by atoms with Gasteiger partial charge in [-0.15, -0.1) is 0 Å². The van der Waals surface area contributed by atoms with Gasteiger partial charge in [0.2, 0.25) is 0 Å². The lowest BCUT2D eigenvalue weighted by atomic mass is 9.72. The van der Waals surface area contributed by atoms with Crippen LogP contribution < -0.4 is 5.73 Å². The van der Waals surface area contributed by atoms with Gasteiger partial charge in [-0.1, -0.05) is 26.7 Å². The molecule has 0 amide bonds. The monoisotopic (exact) mass is 239 g/mol. The molecule has 2 fully saturated rings. The van der Waals surface area contributed by atoms with Gasteiger partial charge in [0.1, 0.15) is 0 Å². The van der Waals surface area contributed by atoms with Crippen molar-refractivity contribution < 1.29 is 0 Å². The minimum atomic E-state index is 0.474. The first-order chi connectivity index (χ1) is 8.04. The van der Waals surface area contributed by atoms with Gasteiger partial charge in [0.25, 0.3) is 0 Å². The van der Waals surface area contributed by atoms with Crippen molar-refractivity contribution in [3.05, 3.63) is 0 Å². The van der Waals surface area contributed by atoms with Crippen LogP contribution in [0.4, 0.5) is 0 Å². The molecule has 1 saturated carbocycles. The van der Waals surface area contributed by atoms with Crippen molar-refractivity contribution in [3.8, 4) is 0 Å². The standard InChI is InChI=1S/C14H29N3/c1-14(2)7-5-4-6-13(14)17-9-8-16(3)11-12(17)10-15/h12-13H,4-11,15H2,1-3H3. The second-order valence-corrected chi connectivity index (χ2v) is 6.64. The Labute approximate surface area is 106 Å². The zero-order valence-electron chi connectivity index (χ0n) is 11.8. The molecule has 0 aromatic rings. The van der Waals surface area contributed by atoms with Crippen LogP contribution >= 0.6 is 0 Å². The van der Waals surface area contributed by atoms with E-state index >= 15 is 0 Å². The van der Waals surface area contributed by atoms with Gasteiger partial charge in [0.15, 0.2) is 0 Å². The van der Waals surface area contributed by atoms with E-state index in [4.69, 9.17) is 5.73 Å². The van der Waals surface area contributed by atoms with Crippen LogP contribution in [0, 0.1) is 5.41 Å². The SMILES string of the molecule is CN1CCN(C2CCCCC2(C)C)C(CN)C1. The summed E-state index contributed by atoms with van der Waals surface area (Å²) in [7, 11) is 2.21. The summed E-state index contributed by atoms with van der Waals surface area (Å²) in [6.07, 6.45) is 5.55. The minimum absolute atomic E-state index is 0.474. The molecule has 0 spiro atoms. The van der Waals surface area contributed by atoms with Crippen LogP contribution in [0.15, 0.2) is 0 Å². The van der Waals surface area contributed by atoms with E-state index in [1.54, 1.807) is 0 Å². The van der Waals surface area contributed by atoms with Crippen LogP contribution in [0.1, 0.15) is 39.5 Å². The molecule has 1 saturated heterocycles. The highest BCUT2D eigenvalue weighted by Gasteiger charge is 2.39. The molecule has 3 nitrogen and oxygen atoms in total. The molecular formula is C14H29N3. The van der Waals surface area contributed by atoms with E-state index in [9.17, 15) is 0 Å². The van der Waals surface area contributed by atoms with Gasteiger partial charge in [0.05, 0.1) is 0 Å². The van der Waals surface area contributed by atoms with Crippen LogP contribution in [0.25, 0.3) is 0 Å². The smallest absolute Gasteiger partial charge is 0.0349 e. The van der Waals surface area contributed by atoms with Crippen LogP contribution in [0.3, 0.4) is 0 Å². The van der Waals surface area contributed by atoms with Crippen molar-refractivity contribution >= 4 is 0 Å². The molecule has 2 aliphatic rings. The maximum absolute atomic E-state index is 5.98. The Kier molecular flexibility index (Phi) is 4.11. The van der Waals surface area contributed by atoms with Crippen LogP contribution in [-0.2, 0) is 0 Å². The van der Waals surface area contributed by atoms with E-state index in [-0.39, 0.29) is 0 Å². The number of hydrogen-bond acceptors (Lipinski definition) is 3. The quantitative estimate of drug-likeness (QED) is 0.793. The third-order valence-electron chi connectivity index (χ3n) is 4.85. The predicted octanol–water partition coefficient (Wildman–Crippen LogP) is 1.53. The fraction of sp³-hybridized carbons (Fsp3) is 1.00. The summed E-state index contributed by atoms with van der Waals surface area (Å²) in [6.45, 7) is 9.24. The molecule has 2 unspecified atom stereocenters. The van der Waals surface area contributed by atoms with Gasteiger partial charge >= 0.3 is 0 Å². The maximum Gasteiger partial charge on any atom is 0.0349 e. The maximum atomic E-state index is 5.98. The van der Waals surface area contributed by atoms with Crippen molar-refractivity contribution in [2.24, 2.45) is 11.1 Å². The third kappa shape index (κ3) is 2.83. The first-order valence-corrected chi connectivity index (χ1v) is 7.19. The molecule has 2 rings (SSSR count). The van der Waals surface area contributed by atoms with E-state index in [0.29, 0.717) is 11.5 Å². The normalized spacial score (nSPS) is 36.0. The highest BCUT2D eigenvalue weighted by Crippen LogP contribution is 2.39. The van der Waals surface area contributed by atoms with Crippen molar-refractivity contribution in [1.82, 2.24) is 9.80 Å². The highest BCUT2D eigenvalue weighted by molar-refractivity contribution is 4.95. The fourth-order valence-corrected chi connectivity index (χ4v) is 3.74. The zero-order valence-corrected chi connectivity index (χ0v) is 11.8. The molecule has 0 bridgehead atoms. The number of hydrogen-bond donors (Lipinski definition) is 1. The Bertz CT molecular complexity index is 252. The summed E-state index contributed by atoms with van der Waals surface area (Å²) in [5.74, 6) is 0. The Balaban J connectivity index is 2.08. The molecule has 17 heavy (non-hydrogen) atoms. The van der Waals surface area contributed by atoms with E-state index in [1.807, 2.05) is 0 Å². The molecule has 100 valence electrons. The van der Waals surface area contributed by atoms with Crippen LogP contribution in [-0.4, -0.2) is 55.1 Å². The lowest BCUT2D eigenvalue weighted by Gasteiger charge is -2.51. The minimum Gasteiger partial charge on any atom is -0.329 e. The Hall–Kier alpha value is -0.120. The Morgan fingerprint density at radius 2 is 2.00 bits per heavy atom. The predicted molar refractivity (Wildman–Crippen MR) is 73.1 cm³/mol. The number of nitrogens with zero attached hydrogens (tertiary/aromatic N) is 2. The van der Waals surface area contributed by atoms with Crippen molar-refractivity contribution in [3.63, 3.8) is 0 Å². The molecule has 0 aromatic carbocycles. The summed E-state index contributed by atoms with van der Waals surface area (Å²) in [5, 5.41) is 0. The first kappa shape index (κ1) is 13.3. The van der Waals surface area contributed by atoms with Gasteiger partial charge in [0, 0.05) is 38.3 Å². The van der Waals surface area contributed by atoms with Crippen molar-refractivity contribution in [2.45, 2.75) is 51.6 Å². The van der Waals surface area contributed by atoms with Gasteiger partial charge in [-0.2, -0.15) is 0 Å². The first-order valence-electron chi connectivity index (χ1n) is 7.19. The van der Waals surface area contributed by atoms with Crippen LogP contribution in [0.5, 0.6) is 0 Å². The molecule has 1 heterocycles. The van der Waals surface area contributed by atoms with Gasteiger partial charge in [-0.25, -0.2) is 0 Å². The number of piperazine rings is 1. The topological polar surface area (TPSA) is 32.5 Å². The average Bonchev–Trinajstić information content (AvgIpc) is 2.29. The second-order valence-electron chi connectivity index (χ2n) is 6.64. The van der Waals surface area contributed by atoms with E-state index in [0.717, 1.165) is 19.1 Å². The molecular weight excluding hydrogens is 210 g/mol. The largest absolute Gasteiger partial charge is 0.329 e. The molecule has 3 heteroatoms. The van der Waals surface area contributed by atoms with Crippen LogP contribution in [0.2, 0.25) is 0 Å². The summed E-state index contributed by atoms with van der Waals surface area (Å²) in [5.41, 5.74) is 6.46. The lowest BCUT2D eigenvalue weighted by Crippen LogP contribution is -2.61. The number of nitrogens with two attached hydrogens (primary N) is 1. The molecule has 1 aliphatic carbocycles. The lowest BCUT2D eigenvalue weighted by molar-refractivity contribution is -0.0155. The summed E-state index contributed by atoms with van der Waals surface area (Å²) in [4.78, 5) is 5.14. The zero-order chi connectivity index (χ0) is 12.5. The Morgan fingerprint density at radius 3 is 2.65 bits per heavy atom. The Morgan fingerprint density at radius 1 is 1.24 bits per heavy atom. The number of likely N-dealkylation sites (N-methyl/N-ethyl adjacent to an activating group) is 1. The van der Waals surface area contributed by atoms with Crippen molar-refractivity contribution in [1.29, 1.82) is 0 Å². The van der Waals surface area contributed by atoms with E-state index in [2.05, 4.69) is 30.7 Å². The second kappa shape index (κ2) is 5.25. The van der Waals surface area contributed by atoms with Gasteiger partial charge < -0.3 is 10.6 Å². The van der Waals surface area contributed by atoms with Gasteiger partial charge in [-0.3, -0.25) is 4.90 Å². The molecule has 2 N–H and O–H groups in total. The highest BCUT2D eigenvalue weighted by atomic mass is 15.3. The number of rotatable bonds is 2. The van der Waals surface area contributed by atoms with E-state index in [1.165, 1.54) is 38.8 Å². The summed E-state index contributed by atoms with van der Waals surface area (Å²) in [6, 6.07) is 1.31. The third-order valence-corrected chi connectivity index (χ3v) is 4.85. The molecule has 2 atom stereocenters. The fourth-order valence-electron chi connectivity index (χ4n) is 3.74. The molecule has 0 aromatic heterocycles. The average molecular weight is 239 g/mol. The van der Waals surface area contributed by atoms with Crippen molar-refractivity contribution in [2.75, 3.05) is 33.2 Å². The van der Waals surface area contributed by atoms with E-state index < -0.39 is 0 Å². The summed E-state index contributed by atoms with van der Waals surface area (Å²) >= 11 is 0. The summed E-state index contributed by atoms with van der Waals surface area (Å²) < 4.78 is 0. The molecule has 0 radical (unpaired) electrons. The van der Waals surface area contributed by atoms with Gasteiger partial charge in [-0.05, 0) is 25.3 Å². The molecule has 1 aliphatic heterocycles.